The van der Waals surface area contributed by atoms with Gasteiger partial charge >= 0.3 is 5.69 Å². The maximum absolute atomic E-state index is 12.9. The van der Waals surface area contributed by atoms with Crippen LogP contribution in [0.25, 0.3) is 16.7 Å². The fourth-order valence-corrected chi connectivity index (χ4v) is 5.40. The van der Waals surface area contributed by atoms with Crippen LogP contribution in [0, 0.1) is 5.41 Å². The lowest BCUT2D eigenvalue weighted by atomic mass is 9.78. The zero-order valence-electron chi connectivity index (χ0n) is 19.8. The Morgan fingerprint density at radius 1 is 1.22 bits per heavy atom. The normalized spacial score (nSPS) is 15.1. The fourth-order valence-electron chi connectivity index (χ4n) is 4.84. The van der Waals surface area contributed by atoms with Crippen molar-refractivity contribution in [3.63, 3.8) is 0 Å². The van der Waals surface area contributed by atoms with E-state index in [4.69, 9.17) is 28.6 Å². The van der Waals surface area contributed by atoms with E-state index in [0.717, 1.165) is 23.3 Å². The monoisotopic (exact) mass is 525 g/mol. The molecule has 0 saturated carbocycles. The summed E-state index contributed by atoms with van der Waals surface area (Å²) in [7, 11) is 0. The van der Waals surface area contributed by atoms with Crippen molar-refractivity contribution in [1.82, 2.24) is 24.4 Å². The van der Waals surface area contributed by atoms with E-state index in [1.54, 1.807) is 18.2 Å². The van der Waals surface area contributed by atoms with Crippen molar-refractivity contribution in [2.45, 2.75) is 25.8 Å². The van der Waals surface area contributed by atoms with E-state index in [9.17, 15) is 9.90 Å². The highest BCUT2D eigenvalue weighted by molar-refractivity contribution is 6.37. The highest BCUT2D eigenvalue weighted by atomic mass is 35.5. The van der Waals surface area contributed by atoms with E-state index in [1.807, 2.05) is 6.07 Å². The largest absolute Gasteiger partial charge is 0.395 e. The second-order valence-electron chi connectivity index (χ2n) is 9.46. The molecule has 0 unspecified atom stereocenters. The molecule has 11 heteroatoms. The van der Waals surface area contributed by atoms with Gasteiger partial charge in [-0.25, -0.2) is 14.3 Å². The molecular weight excluding hydrogens is 501 g/mol. The molecule has 0 bridgehead atoms. The predicted molar refractivity (Wildman–Crippen MR) is 140 cm³/mol. The molecular formula is C25H25Cl2N7O2. The number of halogens is 2. The van der Waals surface area contributed by atoms with Crippen LogP contribution >= 0.6 is 23.2 Å². The molecule has 4 N–H and O–H groups in total. The van der Waals surface area contributed by atoms with Gasteiger partial charge in [0.15, 0.2) is 5.65 Å². The van der Waals surface area contributed by atoms with Gasteiger partial charge in [0, 0.05) is 36.9 Å². The zero-order valence-corrected chi connectivity index (χ0v) is 21.3. The molecule has 2 aromatic heterocycles. The summed E-state index contributed by atoms with van der Waals surface area (Å²) < 4.78 is 1.10. The minimum absolute atomic E-state index is 0.0370. The Bertz CT molecular complexity index is 1580. The molecule has 1 aliphatic heterocycles. The average Bonchev–Trinajstić information content (AvgIpc) is 2.80. The Morgan fingerprint density at radius 3 is 2.69 bits per heavy atom. The van der Waals surface area contributed by atoms with Gasteiger partial charge in [-0.2, -0.15) is 4.98 Å². The minimum atomic E-state index is -0.591. The Kier molecular flexibility index (Phi) is 6.34. The lowest BCUT2D eigenvalue weighted by molar-refractivity contribution is 0.151. The number of hydrogen-bond donors (Lipinski definition) is 4. The van der Waals surface area contributed by atoms with Crippen molar-refractivity contribution in [1.29, 1.82) is 5.41 Å². The van der Waals surface area contributed by atoms with Crippen LogP contribution in [-0.4, -0.2) is 49.2 Å². The second kappa shape index (κ2) is 9.33. The maximum Gasteiger partial charge on any atom is 0.333 e. The maximum atomic E-state index is 12.9. The van der Waals surface area contributed by atoms with Crippen LogP contribution in [0.4, 0.5) is 11.6 Å². The molecule has 36 heavy (non-hydrogen) atoms. The Hall–Kier alpha value is -3.24. The van der Waals surface area contributed by atoms with E-state index in [0.29, 0.717) is 11.9 Å². The van der Waals surface area contributed by atoms with Gasteiger partial charge in [-0.05, 0) is 35.4 Å². The predicted octanol–water partition coefficient (Wildman–Crippen LogP) is 3.72. The van der Waals surface area contributed by atoms with Crippen LogP contribution in [0.3, 0.4) is 0 Å². The second-order valence-corrected chi connectivity index (χ2v) is 10.3. The lowest BCUT2D eigenvalue weighted by Gasteiger charge is -2.40. The molecule has 186 valence electrons. The number of para-hydroxylation sites is 1. The summed E-state index contributed by atoms with van der Waals surface area (Å²) in [5, 5.41) is 22.0. The number of aromatic nitrogens is 4. The van der Waals surface area contributed by atoms with Crippen molar-refractivity contribution in [2.24, 2.45) is 0 Å². The number of fused-ring (bicyclic) bond motifs is 2. The number of aliphatic hydroxyl groups is 1. The van der Waals surface area contributed by atoms with E-state index in [-0.39, 0.29) is 44.8 Å². The summed E-state index contributed by atoms with van der Waals surface area (Å²) in [5.41, 5.74) is 2.93. The van der Waals surface area contributed by atoms with Crippen LogP contribution in [-0.2, 0) is 12.0 Å². The lowest BCUT2D eigenvalue weighted by Crippen LogP contribution is -2.43. The smallest absolute Gasteiger partial charge is 0.333 e. The SMILES string of the molecule is CC1(C)CN(CCO)Cc2cc(Nc3ncc4c(=N)n(-c5c(Cl)cccc5Cl)c(=O)[nH]c4n3)ccc21. The number of H-pyrrole nitrogens is 1. The van der Waals surface area contributed by atoms with Crippen LogP contribution in [0.15, 0.2) is 47.4 Å². The summed E-state index contributed by atoms with van der Waals surface area (Å²) in [5.74, 6) is 0.285. The standard InChI is InChI=1S/C25H25Cl2N7O2/c1-25(2)13-33(8-9-35)12-14-10-15(6-7-17(14)25)30-23-29-11-16-21(28)34(24(36)32-22(16)31-23)20-18(26)4-3-5-19(20)27/h3-7,10-11,28,35H,8-9,12-13H2,1-2H3,(H2,29,30,31,32,36). The average molecular weight is 526 g/mol. The summed E-state index contributed by atoms with van der Waals surface area (Å²) in [4.78, 5) is 26.7. The van der Waals surface area contributed by atoms with E-state index < -0.39 is 5.69 Å². The third-order valence-corrected chi connectivity index (χ3v) is 6.99. The Balaban J connectivity index is 1.50. The first-order chi connectivity index (χ1) is 17.2. The topological polar surface area (TPSA) is 123 Å². The number of rotatable bonds is 5. The number of hydrogen-bond acceptors (Lipinski definition) is 7. The molecule has 5 rings (SSSR count). The number of anilines is 2. The highest BCUT2D eigenvalue weighted by Gasteiger charge is 2.31. The van der Waals surface area contributed by atoms with Crippen LogP contribution in [0.5, 0.6) is 0 Å². The van der Waals surface area contributed by atoms with Crippen LogP contribution in [0.2, 0.25) is 10.0 Å². The molecule has 0 aliphatic carbocycles. The van der Waals surface area contributed by atoms with Gasteiger partial charge in [0.2, 0.25) is 5.95 Å². The summed E-state index contributed by atoms with van der Waals surface area (Å²) in [6.07, 6.45) is 1.48. The summed E-state index contributed by atoms with van der Waals surface area (Å²) in [6, 6.07) is 11.0. The molecule has 2 aromatic carbocycles. The van der Waals surface area contributed by atoms with Crippen molar-refractivity contribution in [2.75, 3.05) is 25.0 Å². The third-order valence-electron chi connectivity index (χ3n) is 6.38. The van der Waals surface area contributed by atoms with Crippen molar-refractivity contribution >= 4 is 45.9 Å². The molecule has 0 saturated heterocycles. The van der Waals surface area contributed by atoms with Crippen LogP contribution in [0.1, 0.15) is 25.0 Å². The number of aromatic amines is 1. The number of nitrogens with zero attached hydrogens (tertiary/aromatic N) is 4. The van der Waals surface area contributed by atoms with E-state index >= 15 is 0 Å². The van der Waals surface area contributed by atoms with Crippen molar-refractivity contribution < 1.29 is 5.11 Å². The number of nitrogens with one attached hydrogen (secondary N) is 3. The molecule has 1 aliphatic rings. The van der Waals surface area contributed by atoms with Gasteiger partial charge in [0.1, 0.15) is 5.49 Å². The zero-order chi connectivity index (χ0) is 25.6. The number of aliphatic hydroxyl groups excluding tert-OH is 1. The molecule has 0 spiro atoms. The quantitative estimate of drug-likeness (QED) is 0.315. The first-order valence-corrected chi connectivity index (χ1v) is 12.2. The van der Waals surface area contributed by atoms with Gasteiger partial charge in [-0.15, -0.1) is 0 Å². The molecule has 0 radical (unpaired) electrons. The number of benzene rings is 2. The van der Waals surface area contributed by atoms with Gasteiger partial charge < -0.3 is 10.4 Å². The fraction of sp³-hybridized carbons (Fsp3) is 0.280. The Morgan fingerprint density at radius 2 is 1.97 bits per heavy atom. The minimum Gasteiger partial charge on any atom is -0.395 e. The highest BCUT2D eigenvalue weighted by Crippen LogP contribution is 2.35. The van der Waals surface area contributed by atoms with E-state index in [1.165, 1.54) is 17.3 Å². The van der Waals surface area contributed by atoms with E-state index in [2.05, 4.69) is 51.1 Å². The molecule has 4 aromatic rings. The Labute approximate surface area is 216 Å². The summed E-state index contributed by atoms with van der Waals surface area (Å²) in [6.45, 7) is 6.76. The first kappa shape index (κ1) is 24.5. The molecule has 0 atom stereocenters. The van der Waals surface area contributed by atoms with Crippen molar-refractivity contribution in [3.8, 4) is 5.69 Å². The van der Waals surface area contributed by atoms with Crippen molar-refractivity contribution in [3.05, 3.63) is 79.7 Å². The molecule has 9 nitrogen and oxygen atoms in total. The van der Waals surface area contributed by atoms with Gasteiger partial charge in [-0.3, -0.25) is 15.3 Å². The molecule has 3 heterocycles. The van der Waals surface area contributed by atoms with Gasteiger partial charge in [-0.1, -0.05) is 49.2 Å². The van der Waals surface area contributed by atoms with Crippen LogP contribution < -0.4 is 16.5 Å². The van der Waals surface area contributed by atoms with Gasteiger partial charge in [0.25, 0.3) is 0 Å². The molecule has 0 amide bonds. The first-order valence-electron chi connectivity index (χ1n) is 11.4. The van der Waals surface area contributed by atoms with Gasteiger partial charge in [0.05, 0.1) is 27.7 Å². The number of β-amino-alcohol motifs (C(OH)–C–C–N with tert-alkyl or cyclic N) is 1. The molecule has 0 fully saturated rings. The third kappa shape index (κ3) is 4.39. The summed E-state index contributed by atoms with van der Waals surface area (Å²) >= 11 is 12.5.